The van der Waals surface area contributed by atoms with Gasteiger partial charge in [-0.25, -0.2) is 9.37 Å². The van der Waals surface area contributed by atoms with Crippen LogP contribution in [0.5, 0.6) is 0 Å². The molecule has 0 aliphatic carbocycles. The van der Waals surface area contributed by atoms with E-state index in [2.05, 4.69) is 10.3 Å². The second kappa shape index (κ2) is 5.55. The number of hydrogen-bond donors (Lipinski definition) is 1. The summed E-state index contributed by atoms with van der Waals surface area (Å²) in [5.41, 5.74) is 2.14. The zero-order valence-electron chi connectivity index (χ0n) is 9.67. The highest BCUT2D eigenvalue weighted by molar-refractivity contribution is 6.32. The van der Waals surface area contributed by atoms with E-state index in [1.807, 2.05) is 13.0 Å². The number of nitrogens with zero attached hydrogens (tertiary/aromatic N) is 1. The van der Waals surface area contributed by atoms with Gasteiger partial charge >= 0.3 is 0 Å². The van der Waals surface area contributed by atoms with Crippen LogP contribution in [0.4, 0.5) is 10.1 Å². The number of anilines is 1. The van der Waals surface area contributed by atoms with E-state index >= 15 is 0 Å². The van der Waals surface area contributed by atoms with Gasteiger partial charge in [-0.3, -0.25) is 0 Å². The molecular weight excluding hydrogens is 274 g/mol. The molecule has 5 heteroatoms. The van der Waals surface area contributed by atoms with Crippen molar-refractivity contribution < 1.29 is 4.39 Å². The number of nitrogens with one attached hydrogen (secondary N) is 1. The van der Waals surface area contributed by atoms with Crippen LogP contribution in [0.1, 0.15) is 11.1 Å². The fourth-order valence-corrected chi connectivity index (χ4v) is 1.92. The Balaban J connectivity index is 2.16. The summed E-state index contributed by atoms with van der Waals surface area (Å²) in [6, 6.07) is 6.75. The van der Waals surface area contributed by atoms with Crippen LogP contribution in [-0.4, -0.2) is 4.98 Å². The smallest absolute Gasteiger partial charge is 0.152 e. The van der Waals surface area contributed by atoms with Gasteiger partial charge in [-0.05, 0) is 24.6 Å². The molecule has 0 bridgehead atoms. The summed E-state index contributed by atoms with van der Waals surface area (Å²) in [4.78, 5) is 4.01. The van der Waals surface area contributed by atoms with Crippen LogP contribution >= 0.6 is 23.2 Å². The van der Waals surface area contributed by atoms with Gasteiger partial charge in [-0.1, -0.05) is 35.3 Å². The Morgan fingerprint density at radius 3 is 2.89 bits per heavy atom. The van der Waals surface area contributed by atoms with E-state index < -0.39 is 5.82 Å². The predicted molar refractivity (Wildman–Crippen MR) is 72.7 cm³/mol. The van der Waals surface area contributed by atoms with E-state index in [1.54, 1.807) is 18.3 Å². The van der Waals surface area contributed by atoms with Crippen molar-refractivity contribution >= 4 is 28.9 Å². The number of halogens is 3. The van der Waals surface area contributed by atoms with Gasteiger partial charge in [0.25, 0.3) is 0 Å². The SMILES string of the molecule is Cc1cnc(Cl)c(NCc2cccc(Cl)c2F)c1. The Labute approximate surface area is 115 Å². The molecule has 0 unspecified atom stereocenters. The zero-order valence-corrected chi connectivity index (χ0v) is 11.2. The van der Waals surface area contributed by atoms with Crippen molar-refractivity contribution in [1.29, 1.82) is 0 Å². The van der Waals surface area contributed by atoms with Crippen LogP contribution in [0.2, 0.25) is 10.2 Å². The first-order valence-electron chi connectivity index (χ1n) is 5.37. The van der Waals surface area contributed by atoms with Gasteiger partial charge in [0.05, 0.1) is 10.7 Å². The number of hydrogen-bond acceptors (Lipinski definition) is 2. The number of aryl methyl sites for hydroxylation is 1. The molecule has 0 saturated heterocycles. The topological polar surface area (TPSA) is 24.9 Å². The Hall–Kier alpha value is -1.32. The first kappa shape index (κ1) is 13.1. The molecular formula is C13H11Cl2FN2. The van der Waals surface area contributed by atoms with Crippen LogP contribution in [0.15, 0.2) is 30.5 Å². The fraction of sp³-hybridized carbons (Fsp3) is 0.154. The molecule has 94 valence electrons. The van der Waals surface area contributed by atoms with E-state index in [0.717, 1.165) is 5.56 Å². The summed E-state index contributed by atoms with van der Waals surface area (Å²) in [7, 11) is 0. The van der Waals surface area contributed by atoms with Crippen LogP contribution < -0.4 is 5.32 Å². The van der Waals surface area contributed by atoms with Crippen molar-refractivity contribution in [2.24, 2.45) is 0 Å². The Bertz CT molecular complexity index is 571. The molecule has 0 spiro atoms. The maximum absolute atomic E-state index is 13.7. The second-order valence-corrected chi connectivity index (χ2v) is 4.68. The molecule has 1 aromatic carbocycles. The third-order valence-corrected chi connectivity index (χ3v) is 3.07. The van der Waals surface area contributed by atoms with E-state index in [-0.39, 0.29) is 5.02 Å². The lowest BCUT2D eigenvalue weighted by molar-refractivity contribution is 0.613. The van der Waals surface area contributed by atoms with Gasteiger partial charge < -0.3 is 5.32 Å². The minimum Gasteiger partial charge on any atom is -0.378 e. The molecule has 1 N–H and O–H groups in total. The highest BCUT2D eigenvalue weighted by atomic mass is 35.5. The molecule has 0 atom stereocenters. The first-order valence-corrected chi connectivity index (χ1v) is 6.12. The van der Waals surface area contributed by atoms with E-state index in [1.165, 1.54) is 6.07 Å². The van der Waals surface area contributed by atoms with Crippen molar-refractivity contribution in [3.63, 3.8) is 0 Å². The molecule has 1 aromatic heterocycles. The molecule has 0 aliphatic heterocycles. The Kier molecular flexibility index (Phi) is 4.04. The lowest BCUT2D eigenvalue weighted by Crippen LogP contribution is -2.03. The average molecular weight is 285 g/mol. The van der Waals surface area contributed by atoms with Crippen molar-refractivity contribution in [3.8, 4) is 0 Å². The van der Waals surface area contributed by atoms with Gasteiger partial charge in [0, 0.05) is 18.3 Å². The molecule has 18 heavy (non-hydrogen) atoms. The molecule has 1 heterocycles. The van der Waals surface area contributed by atoms with Gasteiger partial charge in [0.15, 0.2) is 5.15 Å². The number of pyridine rings is 1. The third-order valence-electron chi connectivity index (χ3n) is 2.48. The number of benzene rings is 1. The quantitative estimate of drug-likeness (QED) is 0.843. The molecule has 0 saturated carbocycles. The lowest BCUT2D eigenvalue weighted by atomic mass is 10.2. The largest absolute Gasteiger partial charge is 0.378 e. The average Bonchev–Trinajstić information content (AvgIpc) is 2.35. The highest BCUT2D eigenvalue weighted by Crippen LogP contribution is 2.22. The van der Waals surface area contributed by atoms with Crippen molar-refractivity contribution in [2.75, 3.05) is 5.32 Å². The van der Waals surface area contributed by atoms with Gasteiger partial charge in [0.1, 0.15) is 5.82 Å². The van der Waals surface area contributed by atoms with Crippen LogP contribution in [0, 0.1) is 12.7 Å². The van der Waals surface area contributed by atoms with Crippen molar-refractivity contribution in [3.05, 3.63) is 57.6 Å². The normalized spacial score (nSPS) is 10.4. The zero-order chi connectivity index (χ0) is 13.1. The minimum absolute atomic E-state index is 0.114. The summed E-state index contributed by atoms with van der Waals surface area (Å²) in [5, 5.41) is 3.52. The first-order chi connectivity index (χ1) is 8.58. The van der Waals surface area contributed by atoms with Crippen LogP contribution in [0.25, 0.3) is 0 Å². The van der Waals surface area contributed by atoms with Crippen molar-refractivity contribution in [2.45, 2.75) is 13.5 Å². The molecule has 0 fully saturated rings. The van der Waals surface area contributed by atoms with E-state index in [4.69, 9.17) is 23.2 Å². The summed E-state index contributed by atoms with van der Waals surface area (Å²) < 4.78 is 13.7. The summed E-state index contributed by atoms with van der Waals surface area (Å²) >= 11 is 11.7. The monoisotopic (exact) mass is 284 g/mol. The van der Waals surface area contributed by atoms with Crippen LogP contribution in [-0.2, 0) is 6.54 Å². The van der Waals surface area contributed by atoms with E-state index in [0.29, 0.717) is 22.9 Å². The van der Waals surface area contributed by atoms with Gasteiger partial charge in [-0.15, -0.1) is 0 Å². The third kappa shape index (κ3) is 2.92. The maximum Gasteiger partial charge on any atom is 0.152 e. The van der Waals surface area contributed by atoms with E-state index in [9.17, 15) is 4.39 Å². The summed E-state index contributed by atoms with van der Waals surface area (Å²) in [6.45, 7) is 2.21. The molecule has 2 nitrogen and oxygen atoms in total. The standard InChI is InChI=1S/C13H11Cl2FN2/c1-8-5-11(13(15)18-6-8)17-7-9-3-2-4-10(14)12(9)16/h2-6,17H,7H2,1H3. The molecule has 0 aliphatic rings. The summed E-state index contributed by atoms with van der Waals surface area (Å²) in [5.74, 6) is -0.414. The predicted octanol–water partition coefficient (Wildman–Crippen LogP) is 4.45. The molecule has 2 aromatic rings. The molecule has 0 radical (unpaired) electrons. The minimum atomic E-state index is -0.414. The fourth-order valence-electron chi connectivity index (χ4n) is 1.55. The second-order valence-electron chi connectivity index (χ2n) is 3.92. The van der Waals surface area contributed by atoms with Crippen LogP contribution in [0.3, 0.4) is 0 Å². The number of rotatable bonds is 3. The molecule has 0 amide bonds. The Morgan fingerprint density at radius 1 is 1.33 bits per heavy atom. The maximum atomic E-state index is 13.7. The van der Waals surface area contributed by atoms with Gasteiger partial charge in [0.2, 0.25) is 0 Å². The number of aromatic nitrogens is 1. The highest BCUT2D eigenvalue weighted by Gasteiger charge is 2.07. The van der Waals surface area contributed by atoms with Crippen molar-refractivity contribution in [1.82, 2.24) is 4.98 Å². The van der Waals surface area contributed by atoms with Gasteiger partial charge in [-0.2, -0.15) is 0 Å². The lowest BCUT2D eigenvalue weighted by Gasteiger charge is -2.09. The Morgan fingerprint density at radius 2 is 2.11 bits per heavy atom. The molecule has 2 rings (SSSR count). The summed E-state index contributed by atoms with van der Waals surface area (Å²) in [6.07, 6.45) is 1.67.